The quantitative estimate of drug-likeness (QED) is 0.431. The van der Waals surface area contributed by atoms with Crippen molar-refractivity contribution in [3.63, 3.8) is 0 Å². The third-order valence-electron chi connectivity index (χ3n) is 0. The van der Waals surface area contributed by atoms with Crippen molar-refractivity contribution < 1.29 is 52.7 Å². The van der Waals surface area contributed by atoms with Gasteiger partial charge >= 0.3 is 37.7 Å². The van der Waals surface area contributed by atoms with Gasteiger partial charge in [0.2, 0.25) is 0 Å². The second-order valence-corrected chi connectivity index (χ2v) is 0. The molecular formula is H6CaFeLaSi. The average molecular weight is 269 g/mol. The van der Waals surface area contributed by atoms with Crippen LogP contribution in [0.4, 0.5) is 0 Å². The topological polar surface area (TPSA) is 0 Å². The molecule has 0 spiro atoms. The van der Waals surface area contributed by atoms with Gasteiger partial charge in [0.15, 0.2) is 0 Å². The minimum absolute atomic E-state index is 0. The van der Waals surface area contributed by atoms with Crippen LogP contribution in [0.15, 0.2) is 0 Å². The largest absolute Gasteiger partial charge is 0.0149 e. The zero-order valence-corrected chi connectivity index (χ0v) is 5.66. The molecule has 0 aromatic rings. The Morgan fingerprint density at radius 2 is 1.00 bits per heavy atom. The second-order valence-electron chi connectivity index (χ2n) is 0. The number of hydrogen-bond donors (Lipinski definition) is 0. The monoisotopic (exact) mass is 269 g/mol. The van der Waals surface area contributed by atoms with E-state index in [2.05, 4.69) is 0 Å². The van der Waals surface area contributed by atoms with Crippen LogP contribution in [0.5, 0.6) is 0 Å². The van der Waals surface area contributed by atoms with Crippen LogP contribution in [-0.4, -0.2) is 48.7 Å². The summed E-state index contributed by atoms with van der Waals surface area (Å²) in [4.78, 5) is 0. The fourth-order valence-corrected chi connectivity index (χ4v) is 0. The molecule has 4 heteroatoms. The van der Waals surface area contributed by atoms with E-state index in [0.29, 0.717) is 0 Å². The van der Waals surface area contributed by atoms with Gasteiger partial charge in [0.1, 0.15) is 0 Å². The van der Waals surface area contributed by atoms with Gasteiger partial charge < -0.3 is 0 Å². The van der Waals surface area contributed by atoms with Crippen LogP contribution in [0.2, 0.25) is 0 Å². The first-order valence-corrected chi connectivity index (χ1v) is 0. The summed E-state index contributed by atoms with van der Waals surface area (Å²) in [5, 5.41) is 0. The van der Waals surface area contributed by atoms with Gasteiger partial charge in [-0.25, -0.2) is 0 Å². The van der Waals surface area contributed by atoms with E-state index in [1.807, 2.05) is 0 Å². The predicted octanol–water partition coefficient (Wildman–Crippen LogP) is -2.37. The van der Waals surface area contributed by atoms with Crippen LogP contribution in [0.1, 0.15) is 0 Å². The minimum atomic E-state index is 0. The first-order chi connectivity index (χ1) is 0. The molecule has 0 heterocycles. The Morgan fingerprint density at radius 1 is 1.00 bits per heavy atom. The molecule has 0 N–H and O–H groups in total. The SMILES string of the molecule is [CaH2].[Fe].[La].[SiH4]. The summed E-state index contributed by atoms with van der Waals surface area (Å²) in [7, 11) is 0. The molecule has 0 saturated carbocycles. The molecule has 0 fully saturated rings. The molecule has 0 rings (SSSR count). The standard InChI is InChI=1S/Ca.Fe.La.H4Si.2H/h;;;1H4;;. The summed E-state index contributed by atoms with van der Waals surface area (Å²) in [6, 6.07) is 0. The molecule has 0 aliphatic heterocycles. The average Bonchev–Trinajstić information content (AvgIpc) is 0. The molecule has 0 atom stereocenters. The summed E-state index contributed by atoms with van der Waals surface area (Å²) < 4.78 is 0. The second kappa shape index (κ2) is 16.4. The fraction of sp³-hybridized carbons (Fsp3) is 0. The van der Waals surface area contributed by atoms with Crippen molar-refractivity contribution in [1.82, 2.24) is 0 Å². The molecule has 0 amide bonds. The molecule has 0 bridgehead atoms. The van der Waals surface area contributed by atoms with Crippen molar-refractivity contribution in [2.75, 3.05) is 0 Å². The summed E-state index contributed by atoms with van der Waals surface area (Å²) in [6.07, 6.45) is 0. The molecular weight excluding hydrogens is 263 g/mol. The van der Waals surface area contributed by atoms with E-state index in [1.54, 1.807) is 0 Å². The van der Waals surface area contributed by atoms with Crippen LogP contribution >= 0.6 is 0 Å². The zero-order chi connectivity index (χ0) is 0. The Morgan fingerprint density at radius 3 is 1.00 bits per heavy atom. The molecule has 0 aliphatic rings. The van der Waals surface area contributed by atoms with Crippen molar-refractivity contribution >= 4 is 48.7 Å². The maximum Gasteiger partial charge on any atom is 0 e. The van der Waals surface area contributed by atoms with Gasteiger partial charge in [-0.3, -0.25) is 0 Å². The molecule has 0 saturated heterocycles. The van der Waals surface area contributed by atoms with Gasteiger partial charge in [-0.2, -0.15) is 0 Å². The molecule has 0 aliphatic carbocycles. The van der Waals surface area contributed by atoms with E-state index in [1.165, 1.54) is 0 Å². The molecule has 1 radical (unpaired) electrons. The predicted molar refractivity (Wildman–Crippen MR) is 19.9 cm³/mol. The Hall–Kier alpha value is 3.19. The van der Waals surface area contributed by atoms with Crippen LogP contribution in [0, 0.1) is 35.6 Å². The van der Waals surface area contributed by atoms with E-state index in [-0.39, 0.29) is 101 Å². The summed E-state index contributed by atoms with van der Waals surface area (Å²) >= 11 is 0. The fourth-order valence-electron chi connectivity index (χ4n) is 0. The van der Waals surface area contributed by atoms with Crippen LogP contribution in [-0.2, 0) is 17.1 Å². The van der Waals surface area contributed by atoms with Crippen LogP contribution in [0.25, 0.3) is 0 Å². The summed E-state index contributed by atoms with van der Waals surface area (Å²) in [5.74, 6) is 0. The maximum absolute atomic E-state index is 0. The Labute approximate surface area is 99.0 Å². The van der Waals surface area contributed by atoms with Crippen molar-refractivity contribution in [1.29, 1.82) is 0 Å². The van der Waals surface area contributed by atoms with E-state index >= 15 is 0 Å². The Balaban J connectivity index is 0. The minimum Gasteiger partial charge on any atom is -0.0149 e. The molecule has 0 aromatic heterocycles. The molecule has 0 nitrogen and oxygen atoms in total. The van der Waals surface area contributed by atoms with Crippen molar-refractivity contribution in [2.24, 2.45) is 0 Å². The third kappa shape index (κ3) is 8.95. The van der Waals surface area contributed by atoms with Gasteiger partial charge in [-0.1, -0.05) is 0 Å². The van der Waals surface area contributed by atoms with Crippen molar-refractivity contribution in [3.8, 4) is 0 Å². The first-order valence-electron chi connectivity index (χ1n) is 0. The van der Waals surface area contributed by atoms with Gasteiger partial charge in [-0.05, 0) is 11.0 Å². The van der Waals surface area contributed by atoms with Crippen LogP contribution in [0.3, 0.4) is 0 Å². The van der Waals surface area contributed by atoms with E-state index in [4.69, 9.17) is 0 Å². The number of hydrogen-bond acceptors (Lipinski definition) is 0. The molecule has 0 unspecified atom stereocenters. The Kier molecular flexibility index (Phi) is 111. The smallest absolute Gasteiger partial charge is 0 e. The molecule has 4 heavy (non-hydrogen) atoms. The summed E-state index contributed by atoms with van der Waals surface area (Å²) in [6.45, 7) is 0. The van der Waals surface area contributed by atoms with Gasteiger partial charge in [0.25, 0.3) is 0 Å². The normalized spacial score (nSPS) is 0. The zero-order valence-electron chi connectivity index (χ0n) is 0.931. The van der Waals surface area contributed by atoms with E-state index < -0.39 is 0 Å². The van der Waals surface area contributed by atoms with Gasteiger partial charge in [-0.15, -0.1) is 0 Å². The van der Waals surface area contributed by atoms with Gasteiger partial charge in [0.05, 0.1) is 0 Å². The van der Waals surface area contributed by atoms with E-state index in [9.17, 15) is 0 Å². The summed E-state index contributed by atoms with van der Waals surface area (Å²) in [5.41, 5.74) is 0. The van der Waals surface area contributed by atoms with Crippen molar-refractivity contribution in [2.45, 2.75) is 0 Å². The number of rotatable bonds is 0. The van der Waals surface area contributed by atoms with Crippen molar-refractivity contribution in [3.05, 3.63) is 0 Å². The van der Waals surface area contributed by atoms with Crippen LogP contribution < -0.4 is 0 Å². The first kappa shape index (κ1) is 27.1. The molecule has 23 valence electrons. The van der Waals surface area contributed by atoms with E-state index in [0.717, 1.165) is 0 Å². The van der Waals surface area contributed by atoms with Gasteiger partial charge in [0, 0.05) is 52.7 Å². The molecule has 0 aromatic carbocycles. The maximum atomic E-state index is 0. The Bertz CT molecular complexity index is 8.00. The third-order valence-corrected chi connectivity index (χ3v) is 0.